The number of oxime groups is 1. The lowest BCUT2D eigenvalue weighted by molar-refractivity contribution is -0.127. The minimum absolute atomic E-state index is 0.0493. The number of amidine groups is 1. The van der Waals surface area contributed by atoms with E-state index in [1.165, 1.54) is 0 Å². The molecule has 0 saturated carbocycles. The fourth-order valence-electron chi connectivity index (χ4n) is 1.80. The summed E-state index contributed by atoms with van der Waals surface area (Å²) in [5, 5.41) is 14.6. The largest absolute Gasteiger partial charge is 0.409 e. The summed E-state index contributed by atoms with van der Waals surface area (Å²) in [5.74, 6) is 0.172. The highest BCUT2D eigenvalue weighted by Gasteiger charge is 2.34. The van der Waals surface area contributed by atoms with Crippen molar-refractivity contribution < 1.29 is 10.0 Å². The van der Waals surface area contributed by atoms with E-state index in [1.54, 1.807) is 13.8 Å². The second kappa shape index (κ2) is 7.33. The molecule has 4 N–H and O–H groups in total. The summed E-state index contributed by atoms with van der Waals surface area (Å²) < 4.78 is 0. The summed E-state index contributed by atoms with van der Waals surface area (Å²) in [6.45, 7) is 8.27. The van der Waals surface area contributed by atoms with Gasteiger partial charge in [-0.2, -0.15) is 0 Å². The van der Waals surface area contributed by atoms with Gasteiger partial charge in [0.2, 0.25) is 5.91 Å². The van der Waals surface area contributed by atoms with E-state index >= 15 is 0 Å². The van der Waals surface area contributed by atoms with Crippen LogP contribution in [0.3, 0.4) is 0 Å². The number of nitrogens with two attached hydrogens (primary N) is 1. The summed E-state index contributed by atoms with van der Waals surface area (Å²) in [5.41, 5.74) is 4.54. The van der Waals surface area contributed by atoms with Crippen LogP contribution in [0.5, 0.6) is 0 Å². The Bertz CT molecular complexity index is 315. The minimum Gasteiger partial charge on any atom is -0.409 e. The number of carbonyl (C=O) groups is 1. The molecule has 0 saturated heterocycles. The van der Waals surface area contributed by atoms with Gasteiger partial charge in [-0.25, -0.2) is 0 Å². The highest BCUT2D eigenvalue weighted by molar-refractivity contribution is 6.05. The first-order chi connectivity index (χ1) is 8.61. The van der Waals surface area contributed by atoms with Crippen LogP contribution in [0.4, 0.5) is 0 Å². The molecule has 0 rings (SSSR count). The highest BCUT2D eigenvalue weighted by Crippen LogP contribution is 2.16. The molecule has 1 amide bonds. The third-order valence-corrected chi connectivity index (χ3v) is 2.99. The number of hydrogen-bond acceptors (Lipinski definition) is 4. The fraction of sp³-hybridized carbons (Fsp3) is 0.846. The van der Waals surface area contributed by atoms with Crippen molar-refractivity contribution in [1.82, 2.24) is 10.2 Å². The maximum absolute atomic E-state index is 12.2. The number of nitrogens with one attached hydrogen (secondary N) is 1. The SMILES string of the molecule is CC(C)CC(CN(C)C)NC(=O)C(C)(C)C(N)=NO. The second-order valence-electron chi connectivity index (χ2n) is 6.17. The van der Waals surface area contributed by atoms with Gasteiger partial charge in [0.1, 0.15) is 5.41 Å². The molecule has 0 aliphatic heterocycles. The van der Waals surface area contributed by atoms with E-state index in [9.17, 15) is 4.79 Å². The Morgan fingerprint density at radius 1 is 1.42 bits per heavy atom. The Kier molecular flexibility index (Phi) is 6.83. The van der Waals surface area contributed by atoms with Gasteiger partial charge in [-0.1, -0.05) is 19.0 Å². The minimum atomic E-state index is -1.02. The first kappa shape index (κ1) is 17.7. The molecule has 0 radical (unpaired) electrons. The lowest BCUT2D eigenvalue weighted by Gasteiger charge is -2.28. The van der Waals surface area contributed by atoms with Crippen LogP contribution in [0, 0.1) is 11.3 Å². The molecule has 0 aromatic rings. The second-order valence-corrected chi connectivity index (χ2v) is 6.17. The molecule has 0 bridgehead atoms. The van der Waals surface area contributed by atoms with E-state index in [2.05, 4.69) is 24.3 Å². The normalized spacial score (nSPS) is 14.8. The van der Waals surface area contributed by atoms with Gasteiger partial charge in [0.15, 0.2) is 5.84 Å². The average molecular weight is 272 g/mol. The Labute approximate surface area is 116 Å². The molecule has 1 atom stereocenters. The Hall–Kier alpha value is -1.30. The molecular weight excluding hydrogens is 244 g/mol. The van der Waals surface area contributed by atoms with E-state index in [4.69, 9.17) is 10.9 Å². The third-order valence-electron chi connectivity index (χ3n) is 2.99. The van der Waals surface area contributed by atoms with Gasteiger partial charge in [-0.15, -0.1) is 0 Å². The van der Waals surface area contributed by atoms with Crippen LogP contribution in [0.25, 0.3) is 0 Å². The maximum Gasteiger partial charge on any atom is 0.233 e. The summed E-state index contributed by atoms with van der Waals surface area (Å²) in [6, 6.07) is 0.0493. The number of amides is 1. The predicted octanol–water partition coefficient (Wildman–Crippen LogP) is 0.852. The molecule has 0 fully saturated rings. The zero-order chi connectivity index (χ0) is 15.2. The average Bonchev–Trinajstić information content (AvgIpc) is 2.25. The van der Waals surface area contributed by atoms with Gasteiger partial charge in [0.25, 0.3) is 0 Å². The molecule has 6 nitrogen and oxygen atoms in total. The van der Waals surface area contributed by atoms with Crippen LogP contribution in [-0.2, 0) is 4.79 Å². The number of carbonyl (C=O) groups excluding carboxylic acids is 1. The highest BCUT2D eigenvalue weighted by atomic mass is 16.4. The number of nitrogens with zero attached hydrogens (tertiary/aromatic N) is 2. The molecule has 0 aromatic heterocycles. The molecule has 0 heterocycles. The van der Waals surface area contributed by atoms with Crippen LogP contribution in [0.1, 0.15) is 34.1 Å². The zero-order valence-corrected chi connectivity index (χ0v) is 12.9. The van der Waals surface area contributed by atoms with E-state index in [0.29, 0.717) is 5.92 Å². The Balaban J connectivity index is 4.79. The first-order valence-corrected chi connectivity index (χ1v) is 6.55. The van der Waals surface area contributed by atoms with E-state index in [-0.39, 0.29) is 17.8 Å². The molecule has 1 unspecified atom stereocenters. The van der Waals surface area contributed by atoms with Crippen LogP contribution in [0.2, 0.25) is 0 Å². The fourth-order valence-corrected chi connectivity index (χ4v) is 1.80. The summed E-state index contributed by atoms with van der Waals surface area (Å²) in [4.78, 5) is 14.3. The van der Waals surface area contributed by atoms with Crippen molar-refractivity contribution in [3.05, 3.63) is 0 Å². The van der Waals surface area contributed by atoms with Crippen molar-refractivity contribution >= 4 is 11.7 Å². The van der Waals surface area contributed by atoms with Crippen molar-refractivity contribution in [3.63, 3.8) is 0 Å². The summed E-state index contributed by atoms with van der Waals surface area (Å²) in [7, 11) is 3.93. The van der Waals surface area contributed by atoms with Gasteiger partial charge in [-0.3, -0.25) is 4.79 Å². The smallest absolute Gasteiger partial charge is 0.233 e. The quantitative estimate of drug-likeness (QED) is 0.277. The van der Waals surface area contributed by atoms with Crippen molar-refractivity contribution in [2.45, 2.75) is 40.2 Å². The van der Waals surface area contributed by atoms with E-state index in [0.717, 1.165) is 13.0 Å². The lowest BCUT2D eigenvalue weighted by Crippen LogP contribution is -2.51. The Morgan fingerprint density at radius 3 is 2.32 bits per heavy atom. The van der Waals surface area contributed by atoms with Gasteiger partial charge in [0.05, 0.1) is 0 Å². The number of hydrogen-bond donors (Lipinski definition) is 3. The molecule has 0 aliphatic rings. The third kappa shape index (κ3) is 5.92. The summed E-state index contributed by atoms with van der Waals surface area (Å²) in [6.07, 6.45) is 0.885. The molecule has 112 valence electrons. The topological polar surface area (TPSA) is 91.0 Å². The van der Waals surface area contributed by atoms with Crippen molar-refractivity contribution in [1.29, 1.82) is 0 Å². The van der Waals surface area contributed by atoms with Crippen LogP contribution >= 0.6 is 0 Å². The molecule has 0 spiro atoms. The van der Waals surface area contributed by atoms with Gasteiger partial charge < -0.3 is 21.2 Å². The van der Waals surface area contributed by atoms with Crippen molar-refractivity contribution in [3.8, 4) is 0 Å². The predicted molar refractivity (Wildman–Crippen MR) is 77.1 cm³/mol. The van der Waals surface area contributed by atoms with Gasteiger partial charge >= 0.3 is 0 Å². The number of rotatable bonds is 7. The number of likely N-dealkylation sites (N-methyl/N-ethyl adjacent to an activating group) is 1. The van der Waals surface area contributed by atoms with Crippen molar-refractivity contribution in [2.24, 2.45) is 22.2 Å². The van der Waals surface area contributed by atoms with Crippen LogP contribution < -0.4 is 11.1 Å². The van der Waals surface area contributed by atoms with Gasteiger partial charge in [-0.05, 0) is 40.3 Å². The molecular formula is C13H28N4O2. The van der Waals surface area contributed by atoms with E-state index < -0.39 is 5.41 Å². The van der Waals surface area contributed by atoms with Crippen molar-refractivity contribution in [2.75, 3.05) is 20.6 Å². The van der Waals surface area contributed by atoms with E-state index in [1.807, 2.05) is 19.0 Å². The maximum atomic E-state index is 12.2. The standard InChI is InChI=1S/C13H28N4O2/c1-9(2)7-10(8-17(5)6)15-12(18)13(3,4)11(14)16-19/h9-10,19H,7-8H2,1-6H3,(H2,14,16)(H,15,18). The Morgan fingerprint density at radius 2 is 1.95 bits per heavy atom. The lowest BCUT2D eigenvalue weighted by atomic mass is 9.90. The molecule has 0 aliphatic carbocycles. The zero-order valence-electron chi connectivity index (χ0n) is 12.9. The molecule has 0 aromatic carbocycles. The summed E-state index contributed by atoms with van der Waals surface area (Å²) >= 11 is 0. The first-order valence-electron chi connectivity index (χ1n) is 6.55. The van der Waals surface area contributed by atoms with Crippen LogP contribution in [0.15, 0.2) is 5.16 Å². The molecule has 19 heavy (non-hydrogen) atoms. The van der Waals surface area contributed by atoms with Gasteiger partial charge in [0, 0.05) is 12.6 Å². The molecule has 6 heteroatoms. The van der Waals surface area contributed by atoms with Crippen LogP contribution in [-0.4, -0.2) is 48.5 Å². The monoisotopic (exact) mass is 272 g/mol.